The molecule has 3 nitrogen and oxygen atoms in total. The van der Waals surface area contributed by atoms with Crippen molar-refractivity contribution >= 4 is 0 Å². The Hall–Kier alpha value is -1.06. The van der Waals surface area contributed by atoms with Gasteiger partial charge in [-0.15, -0.1) is 0 Å². The van der Waals surface area contributed by atoms with Crippen LogP contribution in [-0.4, -0.2) is 30.1 Å². The van der Waals surface area contributed by atoms with E-state index in [0.29, 0.717) is 6.54 Å². The van der Waals surface area contributed by atoms with E-state index >= 15 is 0 Å². The van der Waals surface area contributed by atoms with Crippen LogP contribution >= 0.6 is 0 Å². The molecule has 1 rings (SSSR count). The summed E-state index contributed by atoms with van der Waals surface area (Å²) >= 11 is 0. The molecule has 0 saturated heterocycles. The molecular weight excluding hydrogens is 260 g/mol. The zero-order valence-electron chi connectivity index (χ0n) is 14.4. The first-order chi connectivity index (χ1) is 9.95. The lowest BCUT2D eigenvalue weighted by molar-refractivity contribution is 0.0899. The Balaban J connectivity index is 3.04. The second-order valence-electron chi connectivity index (χ2n) is 6.45. The number of benzene rings is 1. The molecule has 0 aromatic heterocycles. The van der Waals surface area contributed by atoms with E-state index in [2.05, 4.69) is 57.7 Å². The molecule has 0 radical (unpaired) electrons. The maximum absolute atomic E-state index is 6.10. The van der Waals surface area contributed by atoms with Gasteiger partial charge in [-0.1, -0.05) is 38.5 Å². The molecule has 0 fully saturated rings. The first kappa shape index (κ1) is 18.0. The summed E-state index contributed by atoms with van der Waals surface area (Å²) in [5, 5.41) is 0. The highest BCUT2D eigenvalue weighted by molar-refractivity contribution is 5.36. The number of ether oxygens (including phenoxy) is 1. The molecule has 1 unspecified atom stereocenters. The van der Waals surface area contributed by atoms with Crippen LogP contribution in [-0.2, 0) is 0 Å². The summed E-state index contributed by atoms with van der Waals surface area (Å²) in [6.07, 6.45) is 2.23. The maximum atomic E-state index is 6.10. The Kier molecular flexibility index (Phi) is 7.20. The van der Waals surface area contributed by atoms with E-state index < -0.39 is 0 Å². The van der Waals surface area contributed by atoms with E-state index in [1.807, 2.05) is 6.07 Å². The first-order valence-corrected chi connectivity index (χ1v) is 8.14. The van der Waals surface area contributed by atoms with Crippen molar-refractivity contribution in [3.05, 3.63) is 29.8 Å². The average molecular weight is 292 g/mol. The minimum atomic E-state index is 0.0787. The van der Waals surface area contributed by atoms with E-state index in [4.69, 9.17) is 10.5 Å². The number of hydrogen-bond acceptors (Lipinski definition) is 3. The lowest BCUT2D eigenvalue weighted by Crippen LogP contribution is -2.46. The fourth-order valence-corrected chi connectivity index (χ4v) is 2.80. The third-order valence-electron chi connectivity index (χ3n) is 3.84. The molecule has 0 spiro atoms. The molecular formula is C18H32N2O. The van der Waals surface area contributed by atoms with Crippen LogP contribution in [0, 0.1) is 0 Å². The van der Waals surface area contributed by atoms with Gasteiger partial charge in [0.1, 0.15) is 5.75 Å². The third kappa shape index (κ3) is 5.01. The molecule has 0 aliphatic heterocycles. The van der Waals surface area contributed by atoms with Gasteiger partial charge >= 0.3 is 0 Å². The van der Waals surface area contributed by atoms with Crippen molar-refractivity contribution in [1.29, 1.82) is 0 Å². The van der Waals surface area contributed by atoms with Gasteiger partial charge in [0, 0.05) is 17.6 Å². The van der Waals surface area contributed by atoms with Gasteiger partial charge in [-0.05, 0) is 39.8 Å². The third-order valence-corrected chi connectivity index (χ3v) is 3.84. The van der Waals surface area contributed by atoms with Gasteiger partial charge in [0.15, 0.2) is 0 Å². The monoisotopic (exact) mass is 292 g/mol. The highest BCUT2D eigenvalue weighted by atomic mass is 16.5. The van der Waals surface area contributed by atoms with Crippen LogP contribution < -0.4 is 10.5 Å². The van der Waals surface area contributed by atoms with Crippen LogP contribution in [0.3, 0.4) is 0 Å². The molecule has 2 N–H and O–H groups in total. The van der Waals surface area contributed by atoms with Gasteiger partial charge in [-0.3, -0.25) is 4.90 Å². The molecule has 0 aliphatic rings. The second-order valence-corrected chi connectivity index (χ2v) is 6.45. The Morgan fingerprint density at radius 1 is 1.19 bits per heavy atom. The molecule has 0 bridgehead atoms. The standard InChI is InChI=1S/C18H32N2O/c1-6-8-13-21-17-12-10-9-11-15(17)16(14-19)20(7-2)18(3,4)5/h9-12,16H,6-8,13-14,19H2,1-5H3. The number of nitrogens with two attached hydrogens (primary N) is 1. The number of para-hydroxylation sites is 1. The Morgan fingerprint density at radius 3 is 2.38 bits per heavy atom. The van der Waals surface area contributed by atoms with Crippen molar-refractivity contribution in [2.24, 2.45) is 5.73 Å². The molecule has 21 heavy (non-hydrogen) atoms. The van der Waals surface area contributed by atoms with Crippen LogP contribution in [0.2, 0.25) is 0 Å². The van der Waals surface area contributed by atoms with Crippen LogP contribution in [0.1, 0.15) is 59.1 Å². The van der Waals surface area contributed by atoms with Gasteiger partial charge in [0.25, 0.3) is 0 Å². The highest BCUT2D eigenvalue weighted by Crippen LogP contribution is 2.33. The van der Waals surface area contributed by atoms with Crippen LogP contribution in [0.25, 0.3) is 0 Å². The molecule has 0 heterocycles. The lowest BCUT2D eigenvalue weighted by Gasteiger charge is -2.41. The number of hydrogen-bond donors (Lipinski definition) is 1. The molecule has 3 heteroatoms. The van der Waals surface area contributed by atoms with Crippen molar-refractivity contribution in [2.45, 2.75) is 59.0 Å². The fourth-order valence-electron chi connectivity index (χ4n) is 2.80. The van der Waals surface area contributed by atoms with E-state index in [9.17, 15) is 0 Å². The van der Waals surface area contributed by atoms with Gasteiger partial charge < -0.3 is 10.5 Å². The maximum Gasteiger partial charge on any atom is 0.124 e. The van der Waals surface area contributed by atoms with Crippen molar-refractivity contribution in [1.82, 2.24) is 4.90 Å². The largest absolute Gasteiger partial charge is 0.493 e. The van der Waals surface area contributed by atoms with Gasteiger partial charge in [0.05, 0.1) is 12.6 Å². The van der Waals surface area contributed by atoms with Gasteiger partial charge in [-0.2, -0.15) is 0 Å². The number of nitrogens with zero attached hydrogens (tertiary/aromatic N) is 1. The fraction of sp³-hybridized carbons (Fsp3) is 0.667. The first-order valence-electron chi connectivity index (χ1n) is 8.14. The quantitative estimate of drug-likeness (QED) is 0.736. The molecule has 0 aliphatic carbocycles. The van der Waals surface area contributed by atoms with Crippen molar-refractivity contribution in [3.8, 4) is 5.75 Å². The number of likely N-dealkylation sites (N-methyl/N-ethyl adjacent to an activating group) is 1. The highest BCUT2D eigenvalue weighted by Gasteiger charge is 2.29. The van der Waals surface area contributed by atoms with Crippen LogP contribution in [0.4, 0.5) is 0 Å². The summed E-state index contributed by atoms with van der Waals surface area (Å²) < 4.78 is 5.99. The Bertz CT molecular complexity index is 412. The van der Waals surface area contributed by atoms with Crippen molar-refractivity contribution in [2.75, 3.05) is 19.7 Å². The molecule has 1 atom stereocenters. The van der Waals surface area contributed by atoms with E-state index in [1.54, 1.807) is 0 Å². The zero-order valence-corrected chi connectivity index (χ0v) is 14.4. The average Bonchev–Trinajstić information content (AvgIpc) is 2.44. The zero-order chi connectivity index (χ0) is 15.9. The smallest absolute Gasteiger partial charge is 0.124 e. The van der Waals surface area contributed by atoms with Crippen LogP contribution in [0.5, 0.6) is 5.75 Å². The molecule has 120 valence electrons. The summed E-state index contributed by atoms with van der Waals surface area (Å²) in [6, 6.07) is 8.50. The van der Waals surface area contributed by atoms with Crippen LogP contribution in [0.15, 0.2) is 24.3 Å². The normalized spacial score (nSPS) is 13.5. The minimum absolute atomic E-state index is 0.0787. The van der Waals surface area contributed by atoms with E-state index in [1.165, 1.54) is 5.56 Å². The summed E-state index contributed by atoms with van der Waals surface area (Å²) in [4.78, 5) is 2.44. The van der Waals surface area contributed by atoms with Gasteiger partial charge in [-0.25, -0.2) is 0 Å². The molecule has 1 aromatic rings. The number of unbranched alkanes of at least 4 members (excludes halogenated alkanes) is 1. The predicted molar refractivity (Wildman–Crippen MR) is 90.8 cm³/mol. The lowest BCUT2D eigenvalue weighted by atomic mass is 9.97. The topological polar surface area (TPSA) is 38.5 Å². The minimum Gasteiger partial charge on any atom is -0.493 e. The van der Waals surface area contributed by atoms with Crippen molar-refractivity contribution in [3.63, 3.8) is 0 Å². The molecule has 0 amide bonds. The summed E-state index contributed by atoms with van der Waals surface area (Å²) in [6.45, 7) is 13.4. The predicted octanol–water partition coefficient (Wildman–Crippen LogP) is 3.99. The Labute approximate surface area is 130 Å². The van der Waals surface area contributed by atoms with Gasteiger partial charge in [0.2, 0.25) is 0 Å². The SMILES string of the molecule is CCCCOc1ccccc1C(CN)N(CC)C(C)(C)C. The molecule has 0 saturated carbocycles. The summed E-state index contributed by atoms with van der Waals surface area (Å²) in [7, 11) is 0. The van der Waals surface area contributed by atoms with Crippen molar-refractivity contribution < 1.29 is 4.74 Å². The summed E-state index contributed by atoms with van der Waals surface area (Å²) in [5.74, 6) is 0.976. The van der Waals surface area contributed by atoms with E-state index in [-0.39, 0.29) is 11.6 Å². The Morgan fingerprint density at radius 2 is 1.86 bits per heavy atom. The molecule has 1 aromatic carbocycles. The summed E-state index contributed by atoms with van der Waals surface area (Å²) in [5.41, 5.74) is 7.38. The second kappa shape index (κ2) is 8.40. The number of rotatable bonds is 8. The van der Waals surface area contributed by atoms with E-state index in [0.717, 1.165) is 31.7 Å².